The average Bonchev–Trinajstić information content (AvgIpc) is 2.98. The molecule has 1 amide bonds. The molecule has 2 aliphatic rings. The van der Waals surface area contributed by atoms with E-state index in [0.717, 1.165) is 24.9 Å². The van der Waals surface area contributed by atoms with E-state index >= 15 is 0 Å². The highest BCUT2D eigenvalue weighted by Gasteiger charge is 2.39. The zero-order valence-corrected chi connectivity index (χ0v) is 12.7. The number of benzene rings is 1. The third kappa shape index (κ3) is 2.40. The van der Waals surface area contributed by atoms with Gasteiger partial charge in [0.25, 0.3) is 5.91 Å². The monoisotopic (exact) mass is 290 g/mol. The van der Waals surface area contributed by atoms with Gasteiger partial charge in [-0.15, -0.1) is 0 Å². The van der Waals surface area contributed by atoms with Crippen LogP contribution in [0.1, 0.15) is 38.4 Å². The van der Waals surface area contributed by atoms with E-state index in [-0.39, 0.29) is 11.9 Å². The molecule has 2 aliphatic heterocycles. The van der Waals surface area contributed by atoms with Crippen molar-refractivity contribution in [3.63, 3.8) is 0 Å². The summed E-state index contributed by atoms with van der Waals surface area (Å²) in [4.78, 5) is 13.9. The third-order valence-corrected chi connectivity index (χ3v) is 4.35. The standard InChI is InChI=1S/C16H22N2O3/c1-16(2)15(20)18(3)12-9-10(6-7-13(12)21-16)14(19)11-5-4-8-17-11/h6-7,9,11,14,17,19H,4-5,8H2,1-3H3. The molecule has 2 N–H and O–H groups in total. The Hall–Kier alpha value is -1.59. The van der Waals surface area contributed by atoms with Crippen molar-refractivity contribution in [2.75, 3.05) is 18.5 Å². The molecular formula is C16H22N2O3. The van der Waals surface area contributed by atoms with Crippen LogP contribution in [0.15, 0.2) is 18.2 Å². The molecule has 1 saturated heterocycles. The SMILES string of the molecule is CN1C(=O)C(C)(C)Oc2ccc(C(O)C3CCCN3)cc21. The van der Waals surface area contributed by atoms with E-state index in [4.69, 9.17) is 4.74 Å². The number of aliphatic hydroxyl groups excluding tert-OH is 1. The molecule has 0 radical (unpaired) electrons. The predicted octanol–water partition coefficient (Wildman–Crippen LogP) is 1.61. The number of fused-ring (bicyclic) bond motifs is 1. The summed E-state index contributed by atoms with van der Waals surface area (Å²) in [7, 11) is 1.75. The summed E-state index contributed by atoms with van der Waals surface area (Å²) in [5.74, 6) is 0.595. The number of amides is 1. The molecule has 0 aromatic heterocycles. The molecule has 0 spiro atoms. The first kappa shape index (κ1) is 14.4. The Balaban J connectivity index is 1.93. The lowest BCUT2D eigenvalue weighted by Crippen LogP contribution is -2.50. The number of ether oxygens (including phenoxy) is 1. The number of hydrogen-bond donors (Lipinski definition) is 2. The summed E-state index contributed by atoms with van der Waals surface area (Å²) in [5.41, 5.74) is 0.680. The number of nitrogens with one attached hydrogen (secondary N) is 1. The second kappa shape index (κ2) is 5.00. The molecule has 5 nitrogen and oxygen atoms in total. The maximum absolute atomic E-state index is 12.3. The summed E-state index contributed by atoms with van der Waals surface area (Å²) in [5, 5.41) is 13.8. The minimum absolute atomic E-state index is 0.0827. The van der Waals surface area contributed by atoms with Crippen LogP contribution in [0.5, 0.6) is 5.75 Å². The van der Waals surface area contributed by atoms with Gasteiger partial charge in [-0.2, -0.15) is 0 Å². The fourth-order valence-corrected chi connectivity index (χ4v) is 3.11. The molecule has 3 rings (SSSR count). The van der Waals surface area contributed by atoms with Crippen LogP contribution in [0.25, 0.3) is 0 Å². The van der Waals surface area contributed by atoms with Crippen molar-refractivity contribution in [3.05, 3.63) is 23.8 Å². The number of rotatable bonds is 2. The Morgan fingerprint density at radius 1 is 1.48 bits per heavy atom. The van der Waals surface area contributed by atoms with Crippen molar-refractivity contribution in [1.29, 1.82) is 0 Å². The van der Waals surface area contributed by atoms with E-state index in [2.05, 4.69) is 5.32 Å². The van der Waals surface area contributed by atoms with Crippen molar-refractivity contribution >= 4 is 11.6 Å². The summed E-state index contributed by atoms with van der Waals surface area (Å²) in [6.07, 6.45) is 1.50. The van der Waals surface area contributed by atoms with Gasteiger partial charge in [0, 0.05) is 13.1 Å². The molecule has 0 bridgehead atoms. The fraction of sp³-hybridized carbons (Fsp3) is 0.562. The Morgan fingerprint density at radius 3 is 2.90 bits per heavy atom. The molecule has 1 aromatic carbocycles. The third-order valence-electron chi connectivity index (χ3n) is 4.35. The molecule has 2 atom stereocenters. The molecule has 2 unspecified atom stereocenters. The van der Waals surface area contributed by atoms with Crippen LogP contribution in [0.3, 0.4) is 0 Å². The molecule has 2 heterocycles. The summed E-state index contributed by atoms with van der Waals surface area (Å²) in [6, 6.07) is 5.66. The molecular weight excluding hydrogens is 268 g/mol. The number of carbonyl (C=O) groups excluding carboxylic acids is 1. The van der Waals surface area contributed by atoms with Crippen molar-refractivity contribution in [2.45, 2.75) is 44.4 Å². The summed E-state index contributed by atoms with van der Waals surface area (Å²) < 4.78 is 5.77. The molecule has 0 aliphatic carbocycles. The Kier molecular flexibility index (Phi) is 3.42. The molecule has 0 saturated carbocycles. The number of anilines is 1. The van der Waals surface area contributed by atoms with Gasteiger partial charge in [-0.3, -0.25) is 4.79 Å². The van der Waals surface area contributed by atoms with Gasteiger partial charge in [0.1, 0.15) is 5.75 Å². The highest BCUT2D eigenvalue weighted by atomic mass is 16.5. The largest absolute Gasteiger partial charge is 0.476 e. The first-order valence-corrected chi connectivity index (χ1v) is 7.43. The zero-order chi connectivity index (χ0) is 15.2. The Morgan fingerprint density at radius 2 is 2.24 bits per heavy atom. The highest BCUT2D eigenvalue weighted by Crippen LogP contribution is 2.39. The number of aliphatic hydroxyl groups is 1. The van der Waals surface area contributed by atoms with Gasteiger partial charge in [0.05, 0.1) is 11.8 Å². The maximum atomic E-state index is 12.3. The number of hydrogen-bond acceptors (Lipinski definition) is 4. The van der Waals surface area contributed by atoms with Gasteiger partial charge in [0.2, 0.25) is 0 Å². The van der Waals surface area contributed by atoms with Crippen LogP contribution in [-0.2, 0) is 4.79 Å². The lowest BCUT2D eigenvalue weighted by Gasteiger charge is -2.37. The highest BCUT2D eigenvalue weighted by molar-refractivity contribution is 6.01. The van der Waals surface area contributed by atoms with Gasteiger partial charge in [-0.1, -0.05) is 6.07 Å². The second-order valence-corrected chi connectivity index (χ2v) is 6.35. The van der Waals surface area contributed by atoms with Crippen LogP contribution >= 0.6 is 0 Å². The van der Waals surface area contributed by atoms with Gasteiger partial charge in [-0.05, 0) is 50.9 Å². The second-order valence-electron chi connectivity index (χ2n) is 6.35. The minimum atomic E-state index is -0.852. The fourth-order valence-electron chi connectivity index (χ4n) is 3.11. The molecule has 114 valence electrons. The predicted molar refractivity (Wildman–Crippen MR) is 80.5 cm³/mol. The number of carbonyl (C=O) groups is 1. The van der Waals surface area contributed by atoms with Crippen molar-refractivity contribution in [3.8, 4) is 5.75 Å². The maximum Gasteiger partial charge on any atom is 0.270 e. The smallest absolute Gasteiger partial charge is 0.270 e. The minimum Gasteiger partial charge on any atom is -0.476 e. The number of likely N-dealkylation sites (N-methyl/N-ethyl adjacent to an activating group) is 1. The molecule has 1 aromatic rings. The van der Waals surface area contributed by atoms with Crippen LogP contribution in [0.2, 0.25) is 0 Å². The van der Waals surface area contributed by atoms with E-state index in [0.29, 0.717) is 11.4 Å². The van der Waals surface area contributed by atoms with Crippen LogP contribution in [-0.4, -0.2) is 36.2 Å². The quantitative estimate of drug-likeness (QED) is 0.868. The Labute approximate surface area is 124 Å². The van der Waals surface area contributed by atoms with Gasteiger partial charge in [0.15, 0.2) is 5.60 Å². The van der Waals surface area contributed by atoms with Crippen molar-refractivity contribution in [2.24, 2.45) is 0 Å². The first-order valence-electron chi connectivity index (χ1n) is 7.43. The first-order chi connectivity index (χ1) is 9.90. The van der Waals surface area contributed by atoms with Crippen molar-refractivity contribution in [1.82, 2.24) is 5.32 Å². The van der Waals surface area contributed by atoms with Crippen LogP contribution in [0.4, 0.5) is 5.69 Å². The summed E-state index contributed by atoms with van der Waals surface area (Å²) >= 11 is 0. The lowest BCUT2D eigenvalue weighted by atomic mass is 9.98. The van der Waals surface area contributed by atoms with Crippen molar-refractivity contribution < 1.29 is 14.6 Å². The van der Waals surface area contributed by atoms with E-state index in [1.165, 1.54) is 0 Å². The topological polar surface area (TPSA) is 61.8 Å². The van der Waals surface area contributed by atoms with Gasteiger partial charge in [-0.25, -0.2) is 0 Å². The molecule has 21 heavy (non-hydrogen) atoms. The molecule has 1 fully saturated rings. The van der Waals surface area contributed by atoms with Crippen LogP contribution < -0.4 is 15.0 Å². The van der Waals surface area contributed by atoms with Crippen LogP contribution in [0, 0.1) is 0 Å². The number of nitrogens with zero attached hydrogens (tertiary/aromatic N) is 1. The lowest BCUT2D eigenvalue weighted by molar-refractivity contribution is -0.132. The van der Waals surface area contributed by atoms with E-state index in [1.807, 2.05) is 18.2 Å². The normalized spacial score (nSPS) is 25.4. The summed E-state index contributed by atoms with van der Waals surface area (Å²) in [6.45, 7) is 4.47. The molecule has 5 heteroatoms. The van der Waals surface area contributed by atoms with E-state index < -0.39 is 11.7 Å². The van der Waals surface area contributed by atoms with E-state index in [1.54, 1.807) is 25.8 Å². The van der Waals surface area contributed by atoms with Gasteiger partial charge < -0.3 is 20.1 Å². The zero-order valence-electron chi connectivity index (χ0n) is 12.7. The van der Waals surface area contributed by atoms with Gasteiger partial charge >= 0.3 is 0 Å². The Bertz CT molecular complexity index is 565. The van der Waals surface area contributed by atoms with E-state index in [9.17, 15) is 9.90 Å². The average molecular weight is 290 g/mol.